The molecule has 0 spiro atoms. The first-order chi connectivity index (χ1) is 10.4. The molecule has 1 amide bonds. The quantitative estimate of drug-likeness (QED) is 0.447. The smallest absolute Gasteiger partial charge is 0.412 e. The summed E-state index contributed by atoms with van der Waals surface area (Å²) in [5.74, 6) is -1.21. The molecule has 0 aliphatic carbocycles. The summed E-state index contributed by atoms with van der Waals surface area (Å²) in [5, 5.41) is 0. The van der Waals surface area contributed by atoms with E-state index in [1.54, 1.807) is 0 Å². The molecule has 0 saturated carbocycles. The summed E-state index contributed by atoms with van der Waals surface area (Å²) >= 11 is 0. The van der Waals surface area contributed by atoms with Gasteiger partial charge in [-0.2, -0.15) is 0 Å². The molecular formula is C14H25NO7. The van der Waals surface area contributed by atoms with Gasteiger partial charge in [-0.25, -0.2) is 4.79 Å². The first-order valence-electron chi connectivity index (χ1n) is 7.24. The molecule has 8 nitrogen and oxygen atoms in total. The fraction of sp³-hybridized carbons (Fsp3) is 0.786. The van der Waals surface area contributed by atoms with Crippen LogP contribution in [0.5, 0.6) is 0 Å². The van der Waals surface area contributed by atoms with E-state index in [2.05, 4.69) is 9.47 Å². The lowest BCUT2D eigenvalue weighted by Crippen LogP contribution is -2.35. The molecular weight excluding hydrogens is 294 g/mol. The molecule has 0 N–H and O–H groups in total. The highest BCUT2D eigenvalue weighted by Crippen LogP contribution is 2.04. The summed E-state index contributed by atoms with van der Waals surface area (Å²) in [6.45, 7) is 6.15. The van der Waals surface area contributed by atoms with E-state index < -0.39 is 24.3 Å². The molecule has 22 heavy (non-hydrogen) atoms. The van der Waals surface area contributed by atoms with Crippen LogP contribution in [0, 0.1) is 0 Å². The first kappa shape index (κ1) is 20.2. The van der Waals surface area contributed by atoms with Gasteiger partial charge in [0.2, 0.25) is 6.29 Å². The number of nitrogens with zero attached hydrogens (tertiary/aromatic N) is 1. The highest BCUT2D eigenvalue weighted by molar-refractivity contribution is 5.77. The molecule has 0 aromatic carbocycles. The van der Waals surface area contributed by atoms with Crippen molar-refractivity contribution in [3.63, 3.8) is 0 Å². The van der Waals surface area contributed by atoms with Gasteiger partial charge in [0, 0.05) is 27.1 Å². The highest BCUT2D eigenvalue weighted by atomic mass is 16.7. The number of esters is 2. The van der Waals surface area contributed by atoms with Crippen molar-refractivity contribution in [3.8, 4) is 0 Å². The van der Waals surface area contributed by atoms with Crippen LogP contribution in [0.1, 0.15) is 40.0 Å². The average molecular weight is 319 g/mol. The average Bonchev–Trinajstić information content (AvgIpc) is 2.47. The maximum absolute atomic E-state index is 11.8. The first-order valence-corrected chi connectivity index (χ1v) is 7.24. The third-order valence-corrected chi connectivity index (χ3v) is 2.57. The molecule has 0 radical (unpaired) electrons. The Kier molecular flexibility index (Phi) is 10.8. The normalized spacial score (nSPS) is 11.5. The molecule has 0 aliphatic heterocycles. The minimum absolute atomic E-state index is 0.125. The SMILES string of the molecule is CCCN(CC)C(=O)OC(C)OC(=O)CCC(=O)OCOC. The Balaban J connectivity index is 4.04. The van der Waals surface area contributed by atoms with Gasteiger partial charge in [0.1, 0.15) is 0 Å². The van der Waals surface area contributed by atoms with Crippen molar-refractivity contribution in [2.24, 2.45) is 0 Å². The van der Waals surface area contributed by atoms with E-state index in [1.165, 1.54) is 18.9 Å². The molecule has 1 atom stereocenters. The fourth-order valence-electron chi connectivity index (χ4n) is 1.53. The Hall–Kier alpha value is -1.83. The van der Waals surface area contributed by atoms with Crippen molar-refractivity contribution in [1.82, 2.24) is 4.90 Å². The molecule has 0 aromatic rings. The number of methoxy groups -OCH3 is 1. The minimum atomic E-state index is -1.01. The molecule has 0 bridgehead atoms. The van der Waals surface area contributed by atoms with Crippen molar-refractivity contribution in [1.29, 1.82) is 0 Å². The maximum atomic E-state index is 11.8. The molecule has 0 fully saturated rings. The summed E-state index contributed by atoms with van der Waals surface area (Å²) in [7, 11) is 1.38. The minimum Gasteiger partial charge on any atom is -0.438 e. The van der Waals surface area contributed by atoms with Gasteiger partial charge in [-0.15, -0.1) is 0 Å². The number of hydrogen-bond acceptors (Lipinski definition) is 7. The number of rotatable bonds is 10. The number of ether oxygens (including phenoxy) is 4. The van der Waals surface area contributed by atoms with Crippen LogP contribution in [0.15, 0.2) is 0 Å². The second-order valence-corrected chi connectivity index (χ2v) is 4.44. The van der Waals surface area contributed by atoms with Crippen LogP contribution in [0.3, 0.4) is 0 Å². The van der Waals surface area contributed by atoms with Crippen LogP contribution in [0.4, 0.5) is 4.79 Å². The van der Waals surface area contributed by atoms with Gasteiger partial charge >= 0.3 is 18.0 Å². The summed E-state index contributed by atoms with van der Waals surface area (Å²) in [5.41, 5.74) is 0. The van der Waals surface area contributed by atoms with Crippen molar-refractivity contribution < 1.29 is 33.3 Å². The number of carbonyl (C=O) groups is 3. The van der Waals surface area contributed by atoms with Crippen LogP contribution < -0.4 is 0 Å². The van der Waals surface area contributed by atoms with E-state index in [0.717, 1.165) is 6.42 Å². The third kappa shape index (κ3) is 9.17. The summed E-state index contributed by atoms with van der Waals surface area (Å²) < 4.78 is 19.1. The van der Waals surface area contributed by atoms with Crippen LogP contribution in [0.2, 0.25) is 0 Å². The molecule has 0 rings (SSSR count). The largest absolute Gasteiger partial charge is 0.438 e. The Bertz CT molecular complexity index is 359. The molecule has 0 heterocycles. The van der Waals surface area contributed by atoms with Gasteiger partial charge in [0.05, 0.1) is 12.8 Å². The topological polar surface area (TPSA) is 91.4 Å². The van der Waals surface area contributed by atoms with Gasteiger partial charge in [-0.1, -0.05) is 6.92 Å². The van der Waals surface area contributed by atoms with Gasteiger partial charge in [0.25, 0.3) is 0 Å². The van der Waals surface area contributed by atoms with Gasteiger partial charge < -0.3 is 23.8 Å². The zero-order chi connectivity index (χ0) is 17.0. The lowest BCUT2D eigenvalue weighted by Gasteiger charge is -2.22. The van der Waals surface area contributed by atoms with E-state index in [9.17, 15) is 14.4 Å². The summed E-state index contributed by atoms with van der Waals surface area (Å²) in [6, 6.07) is 0. The van der Waals surface area contributed by atoms with E-state index >= 15 is 0 Å². The van der Waals surface area contributed by atoms with Crippen LogP contribution >= 0.6 is 0 Å². The predicted octanol–water partition coefficient (Wildman–Crippen LogP) is 1.67. The lowest BCUT2D eigenvalue weighted by molar-refractivity contribution is -0.169. The Morgan fingerprint density at radius 3 is 2.23 bits per heavy atom. The van der Waals surface area contributed by atoms with Crippen LogP contribution in [-0.4, -0.2) is 56.2 Å². The molecule has 0 aromatic heterocycles. The van der Waals surface area contributed by atoms with Crippen molar-refractivity contribution in [3.05, 3.63) is 0 Å². The maximum Gasteiger partial charge on any atom is 0.412 e. The zero-order valence-electron chi connectivity index (χ0n) is 13.6. The van der Waals surface area contributed by atoms with Gasteiger partial charge in [0.15, 0.2) is 6.79 Å². The fourth-order valence-corrected chi connectivity index (χ4v) is 1.53. The number of carbonyl (C=O) groups excluding carboxylic acids is 3. The molecule has 0 saturated heterocycles. The Morgan fingerprint density at radius 1 is 1.05 bits per heavy atom. The highest BCUT2D eigenvalue weighted by Gasteiger charge is 2.19. The molecule has 0 aliphatic rings. The van der Waals surface area contributed by atoms with Crippen molar-refractivity contribution in [2.75, 3.05) is 27.0 Å². The third-order valence-electron chi connectivity index (χ3n) is 2.57. The molecule has 128 valence electrons. The van der Waals surface area contributed by atoms with Crippen LogP contribution in [-0.2, 0) is 28.5 Å². The van der Waals surface area contributed by atoms with E-state index in [1.807, 2.05) is 13.8 Å². The van der Waals surface area contributed by atoms with Gasteiger partial charge in [-0.05, 0) is 13.3 Å². The van der Waals surface area contributed by atoms with Crippen LogP contribution in [0.25, 0.3) is 0 Å². The van der Waals surface area contributed by atoms with Crippen molar-refractivity contribution in [2.45, 2.75) is 46.3 Å². The lowest BCUT2D eigenvalue weighted by atomic mass is 10.3. The Labute approximate surface area is 130 Å². The second-order valence-electron chi connectivity index (χ2n) is 4.44. The summed E-state index contributed by atoms with van der Waals surface area (Å²) in [6.07, 6.45) is -1.03. The summed E-state index contributed by atoms with van der Waals surface area (Å²) in [4.78, 5) is 36.0. The molecule has 1 unspecified atom stereocenters. The molecule has 8 heteroatoms. The second kappa shape index (κ2) is 11.8. The van der Waals surface area contributed by atoms with E-state index in [-0.39, 0.29) is 19.6 Å². The van der Waals surface area contributed by atoms with E-state index in [4.69, 9.17) is 9.47 Å². The standard InChI is InChI=1S/C14H25NO7/c1-5-9-15(6-2)14(18)22-11(3)21-13(17)8-7-12(16)20-10-19-4/h11H,5-10H2,1-4H3. The van der Waals surface area contributed by atoms with Gasteiger partial charge in [-0.3, -0.25) is 9.59 Å². The predicted molar refractivity (Wildman–Crippen MR) is 76.8 cm³/mol. The monoisotopic (exact) mass is 319 g/mol. The van der Waals surface area contributed by atoms with Crippen molar-refractivity contribution >= 4 is 18.0 Å². The van der Waals surface area contributed by atoms with E-state index in [0.29, 0.717) is 13.1 Å². The number of hydrogen-bond donors (Lipinski definition) is 0. The Morgan fingerprint density at radius 2 is 1.68 bits per heavy atom. The number of amides is 1. The zero-order valence-corrected chi connectivity index (χ0v) is 13.6.